The van der Waals surface area contributed by atoms with Gasteiger partial charge in [-0.3, -0.25) is 0 Å². The maximum Gasteiger partial charge on any atom is 0.225 e. The molecule has 0 radical (unpaired) electrons. The van der Waals surface area contributed by atoms with E-state index < -0.39 is 0 Å². The summed E-state index contributed by atoms with van der Waals surface area (Å²) < 4.78 is 11.6. The van der Waals surface area contributed by atoms with Crippen LogP contribution in [0.1, 0.15) is 42.8 Å². The SMILES string of the molecule is CCc1cnc(N2CCC(c3nc(COc4ccc(SC)cc4)co3)CC2)nc1. The van der Waals surface area contributed by atoms with Gasteiger partial charge < -0.3 is 14.1 Å². The van der Waals surface area contributed by atoms with Gasteiger partial charge in [-0.15, -0.1) is 11.8 Å². The Labute approximate surface area is 175 Å². The smallest absolute Gasteiger partial charge is 0.225 e. The van der Waals surface area contributed by atoms with Crippen LogP contribution in [0, 0.1) is 0 Å². The van der Waals surface area contributed by atoms with E-state index in [1.807, 2.05) is 24.5 Å². The van der Waals surface area contributed by atoms with Gasteiger partial charge in [-0.2, -0.15) is 0 Å². The lowest BCUT2D eigenvalue weighted by atomic mass is 9.97. The van der Waals surface area contributed by atoms with Crippen LogP contribution < -0.4 is 9.64 Å². The monoisotopic (exact) mass is 410 g/mol. The largest absolute Gasteiger partial charge is 0.487 e. The minimum absolute atomic E-state index is 0.329. The van der Waals surface area contributed by atoms with Crippen LogP contribution >= 0.6 is 11.8 Å². The van der Waals surface area contributed by atoms with Crippen molar-refractivity contribution in [3.05, 3.63) is 60.1 Å². The molecule has 3 heterocycles. The number of aryl methyl sites for hydroxylation is 1. The van der Waals surface area contributed by atoms with Crippen molar-refractivity contribution in [2.45, 2.75) is 43.6 Å². The maximum atomic E-state index is 5.83. The van der Waals surface area contributed by atoms with Gasteiger partial charge in [-0.1, -0.05) is 6.92 Å². The van der Waals surface area contributed by atoms with Crippen LogP contribution in [0.2, 0.25) is 0 Å². The van der Waals surface area contributed by atoms with E-state index in [2.05, 4.69) is 45.2 Å². The highest BCUT2D eigenvalue weighted by Crippen LogP contribution is 2.29. The van der Waals surface area contributed by atoms with Gasteiger partial charge in [0.15, 0.2) is 5.89 Å². The van der Waals surface area contributed by atoms with Gasteiger partial charge in [0.2, 0.25) is 5.95 Å². The first-order valence-electron chi connectivity index (χ1n) is 10.0. The number of piperidine rings is 1. The molecule has 6 nitrogen and oxygen atoms in total. The van der Waals surface area contributed by atoms with E-state index in [0.29, 0.717) is 12.5 Å². The number of rotatable bonds is 7. The summed E-state index contributed by atoms with van der Waals surface area (Å²) in [6, 6.07) is 8.08. The summed E-state index contributed by atoms with van der Waals surface area (Å²) in [4.78, 5) is 17.1. The minimum Gasteiger partial charge on any atom is -0.487 e. The van der Waals surface area contributed by atoms with E-state index in [9.17, 15) is 0 Å². The van der Waals surface area contributed by atoms with Crippen LogP contribution in [0.15, 0.2) is 52.2 Å². The zero-order valence-electron chi connectivity index (χ0n) is 16.9. The lowest BCUT2D eigenvalue weighted by Gasteiger charge is -2.30. The fourth-order valence-corrected chi connectivity index (χ4v) is 3.83. The molecule has 7 heteroatoms. The molecule has 1 fully saturated rings. The molecule has 2 aromatic heterocycles. The van der Waals surface area contributed by atoms with Gasteiger partial charge in [-0.05, 0) is 55.3 Å². The molecule has 1 saturated heterocycles. The number of nitrogens with zero attached hydrogens (tertiary/aromatic N) is 4. The van der Waals surface area contributed by atoms with Gasteiger partial charge >= 0.3 is 0 Å². The van der Waals surface area contributed by atoms with Crippen LogP contribution in [0.4, 0.5) is 5.95 Å². The third kappa shape index (κ3) is 4.90. The second-order valence-corrected chi connectivity index (χ2v) is 8.03. The van der Waals surface area contributed by atoms with E-state index in [1.54, 1.807) is 18.0 Å². The highest BCUT2D eigenvalue weighted by Gasteiger charge is 2.25. The third-order valence-corrected chi connectivity index (χ3v) is 5.99. The van der Waals surface area contributed by atoms with E-state index in [0.717, 1.165) is 55.6 Å². The van der Waals surface area contributed by atoms with E-state index in [-0.39, 0.29) is 0 Å². The van der Waals surface area contributed by atoms with Gasteiger partial charge in [-0.25, -0.2) is 15.0 Å². The lowest BCUT2D eigenvalue weighted by molar-refractivity contribution is 0.301. The number of anilines is 1. The van der Waals surface area contributed by atoms with Crippen molar-refractivity contribution in [2.75, 3.05) is 24.2 Å². The molecule has 1 aliphatic heterocycles. The molecule has 3 aromatic rings. The molecule has 29 heavy (non-hydrogen) atoms. The Morgan fingerprint density at radius 3 is 2.52 bits per heavy atom. The molecule has 0 saturated carbocycles. The van der Waals surface area contributed by atoms with E-state index in [4.69, 9.17) is 9.15 Å². The van der Waals surface area contributed by atoms with Crippen LogP contribution in [0.5, 0.6) is 5.75 Å². The Hall–Kier alpha value is -2.54. The van der Waals surface area contributed by atoms with E-state index in [1.165, 1.54) is 10.5 Å². The van der Waals surface area contributed by atoms with Crippen molar-refractivity contribution in [1.82, 2.24) is 15.0 Å². The highest BCUT2D eigenvalue weighted by atomic mass is 32.2. The zero-order valence-corrected chi connectivity index (χ0v) is 17.7. The van der Waals surface area contributed by atoms with Crippen molar-refractivity contribution < 1.29 is 9.15 Å². The zero-order chi connectivity index (χ0) is 20.1. The molecule has 0 spiro atoms. The Kier molecular flexibility index (Phi) is 6.34. The summed E-state index contributed by atoms with van der Waals surface area (Å²) >= 11 is 1.72. The van der Waals surface area contributed by atoms with E-state index >= 15 is 0 Å². The highest BCUT2D eigenvalue weighted by molar-refractivity contribution is 7.98. The Bertz CT molecular complexity index is 903. The standard InChI is InChI=1S/C22H26N4O2S/c1-3-16-12-23-22(24-13-16)26-10-8-17(9-11-26)21-25-18(15-28-21)14-27-19-4-6-20(29-2)7-5-19/h4-7,12-13,15,17H,3,8-11,14H2,1-2H3. The summed E-state index contributed by atoms with van der Waals surface area (Å²) in [6.45, 7) is 4.34. The van der Waals surface area contributed by atoms with Crippen LogP contribution in [-0.4, -0.2) is 34.3 Å². The van der Waals surface area contributed by atoms with Crippen molar-refractivity contribution in [3.63, 3.8) is 0 Å². The Morgan fingerprint density at radius 2 is 1.86 bits per heavy atom. The second kappa shape index (κ2) is 9.31. The van der Waals surface area contributed by atoms with Crippen molar-refractivity contribution >= 4 is 17.7 Å². The van der Waals surface area contributed by atoms with Gasteiger partial charge in [0.1, 0.15) is 24.3 Å². The Balaban J connectivity index is 1.29. The first-order chi connectivity index (χ1) is 14.2. The van der Waals surface area contributed by atoms with Crippen LogP contribution in [0.3, 0.4) is 0 Å². The first kappa shape index (κ1) is 19.8. The number of benzene rings is 1. The molecular weight excluding hydrogens is 384 g/mol. The average molecular weight is 411 g/mol. The quantitative estimate of drug-likeness (QED) is 0.523. The predicted octanol–water partition coefficient (Wildman–Crippen LogP) is 4.71. The number of hydrogen-bond acceptors (Lipinski definition) is 7. The molecule has 0 bridgehead atoms. The summed E-state index contributed by atoms with van der Waals surface area (Å²) in [5, 5.41) is 0. The summed E-state index contributed by atoms with van der Waals surface area (Å²) in [6.07, 6.45) is 10.5. The van der Waals surface area contributed by atoms with Gasteiger partial charge in [0.25, 0.3) is 0 Å². The van der Waals surface area contributed by atoms with Crippen molar-refractivity contribution in [2.24, 2.45) is 0 Å². The number of aromatic nitrogens is 3. The Morgan fingerprint density at radius 1 is 1.14 bits per heavy atom. The first-order valence-corrected chi connectivity index (χ1v) is 11.2. The fraction of sp³-hybridized carbons (Fsp3) is 0.409. The van der Waals surface area contributed by atoms with Crippen LogP contribution in [0.25, 0.3) is 0 Å². The van der Waals surface area contributed by atoms with Crippen LogP contribution in [-0.2, 0) is 13.0 Å². The molecular formula is C22H26N4O2S. The predicted molar refractivity (Wildman–Crippen MR) is 115 cm³/mol. The number of ether oxygens (including phenoxy) is 1. The molecule has 0 amide bonds. The molecule has 1 aromatic carbocycles. The van der Waals surface area contributed by atoms with Crippen molar-refractivity contribution in [3.8, 4) is 5.75 Å². The summed E-state index contributed by atoms with van der Waals surface area (Å²) in [5.74, 6) is 2.79. The summed E-state index contributed by atoms with van der Waals surface area (Å²) in [7, 11) is 0. The molecule has 0 atom stereocenters. The lowest BCUT2D eigenvalue weighted by Crippen LogP contribution is -2.34. The molecule has 152 valence electrons. The molecule has 1 aliphatic rings. The summed E-state index contributed by atoms with van der Waals surface area (Å²) in [5.41, 5.74) is 1.99. The second-order valence-electron chi connectivity index (χ2n) is 7.15. The number of hydrogen-bond donors (Lipinski definition) is 0. The molecule has 0 aliphatic carbocycles. The fourth-order valence-electron chi connectivity index (χ4n) is 3.43. The molecule has 0 N–H and O–H groups in total. The average Bonchev–Trinajstić information content (AvgIpc) is 3.27. The maximum absolute atomic E-state index is 5.83. The van der Waals surface area contributed by atoms with Crippen molar-refractivity contribution in [1.29, 1.82) is 0 Å². The molecule has 4 rings (SSSR count). The molecule has 0 unspecified atom stereocenters. The van der Waals surface area contributed by atoms with Gasteiger partial charge in [0.05, 0.1) is 0 Å². The number of oxazole rings is 1. The van der Waals surface area contributed by atoms with Gasteiger partial charge in [0, 0.05) is 36.3 Å². The normalized spacial score (nSPS) is 14.9. The minimum atomic E-state index is 0.329. The topological polar surface area (TPSA) is 64.3 Å². The number of thioether (sulfide) groups is 1. The third-order valence-electron chi connectivity index (χ3n) is 5.24.